The molecule has 128 valence electrons. The van der Waals surface area contributed by atoms with Crippen LogP contribution in [-0.2, 0) is 9.53 Å². The van der Waals surface area contributed by atoms with E-state index in [0.29, 0.717) is 17.3 Å². The van der Waals surface area contributed by atoms with Crippen molar-refractivity contribution in [3.63, 3.8) is 0 Å². The van der Waals surface area contributed by atoms with Gasteiger partial charge in [0, 0.05) is 5.41 Å². The van der Waals surface area contributed by atoms with Crippen molar-refractivity contribution >= 4 is 5.97 Å². The van der Waals surface area contributed by atoms with Crippen molar-refractivity contribution in [3.05, 3.63) is 0 Å². The van der Waals surface area contributed by atoms with Crippen molar-refractivity contribution in [2.75, 3.05) is 6.61 Å². The second kappa shape index (κ2) is 4.99. The molecular formula is C21H32O2. The Bertz CT molecular complexity index is 473. The average Bonchev–Trinajstić information content (AvgIpc) is 3.04. The summed E-state index contributed by atoms with van der Waals surface area (Å²) >= 11 is 0. The number of hydrogen-bond acceptors (Lipinski definition) is 2. The Morgan fingerprint density at radius 1 is 0.913 bits per heavy atom. The summed E-state index contributed by atoms with van der Waals surface area (Å²) in [5.74, 6) is 6.14. The van der Waals surface area contributed by atoms with E-state index in [0.717, 1.165) is 42.6 Å². The lowest BCUT2D eigenvalue weighted by Gasteiger charge is -2.56. The quantitative estimate of drug-likeness (QED) is 0.707. The van der Waals surface area contributed by atoms with Gasteiger partial charge in [-0.25, -0.2) is 0 Å². The lowest BCUT2D eigenvalue weighted by Crippen LogP contribution is -2.48. The molecule has 0 amide bonds. The molecule has 6 saturated carbocycles. The van der Waals surface area contributed by atoms with E-state index in [-0.39, 0.29) is 11.9 Å². The van der Waals surface area contributed by atoms with Gasteiger partial charge in [0.2, 0.25) is 0 Å². The molecule has 2 nitrogen and oxygen atoms in total. The van der Waals surface area contributed by atoms with Crippen LogP contribution in [0.5, 0.6) is 0 Å². The maximum Gasteiger partial charge on any atom is 0.309 e. The van der Waals surface area contributed by atoms with Gasteiger partial charge in [0.25, 0.3) is 0 Å². The highest BCUT2D eigenvalue weighted by Gasteiger charge is 2.54. The molecule has 6 aliphatic rings. The second-order valence-corrected chi connectivity index (χ2v) is 10.2. The molecule has 6 aliphatic carbocycles. The van der Waals surface area contributed by atoms with Crippen LogP contribution in [0, 0.1) is 52.8 Å². The normalized spacial score (nSPS) is 56.3. The summed E-state index contributed by atoms with van der Waals surface area (Å²) in [5.41, 5.74) is 0.376. The molecule has 0 aliphatic heterocycles. The van der Waals surface area contributed by atoms with Gasteiger partial charge in [-0.3, -0.25) is 4.79 Å². The number of fused-ring (bicyclic) bond motifs is 2. The summed E-state index contributed by atoms with van der Waals surface area (Å²) in [5, 5.41) is 0. The molecule has 0 aromatic heterocycles. The largest absolute Gasteiger partial charge is 0.465 e. The van der Waals surface area contributed by atoms with Crippen LogP contribution >= 0.6 is 0 Å². The van der Waals surface area contributed by atoms with Crippen molar-refractivity contribution in [1.29, 1.82) is 0 Å². The molecule has 0 aromatic rings. The van der Waals surface area contributed by atoms with E-state index in [9.17, 15) is 4.79 Å². The maximum atomic E-state index is 12.8. The number of carbonyl (C=O) groups excluding carboxylic acids is 1. The zero-order chi connectivity index (χ0) is 15.8. The fourth-order valence-electron chi connectivity index (χ4n) is 8.01. The fraction of sp³-hybridized carbons (Fsp3) is 0.952. The monoisotopic (exact) mass is 316 g/mol. The van der Waals surface area contributed by atoms with Gasteiger partial charge in [-0.1, -0.05) is 13.8 Å². The molecule has 2 heteroatoms. The Hall–Kier alpha value is -0.530. The third-order valence-electron chi connectivity index (χ3n) is 8.89. The summed E-state index contributed by atoms with van der Waals surface area (Å²) in [6.45, 7) is 5.48. The second-order valence-electron chi connectivity index (χ2n) is 10.2. The van der Waals surface area contributed by atoms with Crippen molar-refractivity contribution in [2.45, 2.75) is 65.2 Å². The summed E-state index contributed by atoms with van der Waals surface area (Å²) in [4.78, 5) is 12.8. The predicted octanol–water partition coefficient (Wildman–Crippen LogP) is 4.67. The first kappa shape index (κ1) is 14.8. The van der Waals surface area contributed by atoms with Gasteiger partial charge in [0.15, 0.2) is 0 Å². The van der Waals surface area contributed by atoms with E-state index in [2.05, 4.69) is 13.8 Å². The number of esters is 1. The minimum Gasteiger partial charge on any atom is -0.465 e. The summed E-state index contributed by atoms with van der Waals surface area (Å²) in [6.07, 6.45) is 10.8. The van der Waals surface area contributed by atoms with Crippen LogP contribution in [0.4, 0.5) is 0 Å². The van der Waals surface area contributed by atoms with Gasteiger partial charge in [-0.2, -0.15) is 0 Å². The number of hydrogen-bond donors (Lipinski definition) is 0. The van der Waals surface area contributed by atoms with Crippen molar-refractivity contribution in [3.8, 4) is 0 Å². The first-order chi connectivity index (χ1) is 11.0. The lowest BCUT2D eigenvalue weighted by atomic mass is 9.50. The van der Waals surface area contributed by atoms with Crippen LogP contribution in [0.25, 0.3) is 0 Å². The van der Waals surface area contributed by atoms with Gasteiger partial charge in [0.05, 0.1) is 12.5 Å². The van der Waals surface area contributed by atoms with E-state index in [1.165, 1.54) is 44.9 Å². The minimum absolute atomic E-state index is 0.159. The molecule has 0 aromatic carbocycles. The van der Waals surface area contributed by atoms with Gasteiger partial charge in [0.1, 0.15) is 0 Å². The summed E-state index contributed by atoms with van der Waals surface area (Å²) < 4.78 is 6.01. The smallest absolute Gasteiger partial charge is 0.309 e. The Labute approximate surface area is 140 Å². The Morgan fingerprint density at radius 3 is 2.04 bits per heavy atom. The lowest BCUT2D eigenvalue weighted by molar-refractivity contribution is -0.162. The summed E-state index contributed by atoms with van der Waals surface area (Å²) in [7, 11) is 0. The van der Waals surface area contributed by atoms with Crippen LogP contribution in [0.1, 0.15) is 65.2 Å². The third-order valence-corrected chi connectivity index (χ3v) is 8.89. The highest BCUT2D eigenvalue weighted by Crippen LogP contribution is 2.60. The SMILES string of the molecule is CC1C2CC(C(=O)OCC34CC5CC(CC(C5)C3)C4)C(C2)C1C. The van der Waals surface area contributed by atoms with Crippen LogP contribution in [0.15, 0.2) is 0 Å². The molecule has 5 unspecified atom stereocenters. The molecule has 0 saturated heterocycles. The molecule has 0 N–H and O–H groups in total. The maximum absolute atomic E-state index is 12.8. The number of ether oxygens (including phenoxy) is 1. The van der Waals surface area contributed by atoms with Gasteiger partial charge in [-0.05, 0) is 92.8 Å². The topological polar surface area (TPSA) is 26.3 Å². The van der Waals surface area contributed by atoms with E-state index in [1.54, 1.807) is 0 Å². The minimum atomic E-state index is 0.159. The Kier molecular flexibility index (Phi) is 3.21. The van der Waals surface area contributed by atoms with E-state index in [1.807, 2.05) is 0 Å². The highest BCUT2D eigenvalue weighted by molar-refractivity contribution is 5.73. The Balaban J connectivity index is 1.23. The zero-order valence-corrected chi connectivity index (χ0v) is 14.8. The highest BCUT2D eigenvalue weighted by atomic mass is 16.5. The Morgan fingerprint density at radius 2 is 1.52 bits per heavy atom. The first-order valence-corrected chi connectivity index (χ1v) is 10.2. The van der Waals surface area contributed by atoms with Crippen molar-refractivity contribution in [2.24, 2.45) is 52.8 Å². The van der Waals surface area contributed by atoms with Crippen molar-refractivity contribution in [1.82, 2.24) is 0 Å². The van der Waals surface area contributed by atoms with Crippen LogP contribution < -0.4 is 0 Å². The molecule has 0 radical (unpaired) electrons. The van der Waals surface area contributed by atoms with Crippen LogP contribution in [0.3, 0.4) is 0 Å². The number of rotatable bonds is 3. The molecule has 0 heterocycles. The third kappa shape index (κ3) is 2.23. The average molecular weight is 316 g/mol. The van der Waals surface area contributed by atoms with Crippen molar-refractivity contribution < 1.29 is 9.53 Å². The van der Waals surface area contributed by atoms with E-state index < -0.39 is 0 Å². The zero-order valence-electron chi connectivity index (χ0n) is 14.8. The van der Waals surface area contributed by atoms with E-state index >= 15 is 0 Å². The molecule has 6 bridgehead atoms. The van der Waals surface area contributed by atoms with Crippen LogP contribution in [0.2, 0.25) is 0 Å². The van der Waals surface area contributed by atoms with Gasteiger partial charge < -0.3 is 4.74 Å². The number of carbonyl (C=O) groups is 1. The molecule has 6 rings (SSSR count). The van der Waals surface area contributed by atoms with Crippen LogP contribution in [-0.4, -0.2) is 12.6 Å². The molecule has 6 fully saturated rings. The first-order valence-electron chi connectivity index (χ1n) is 10.2. The van der Waals surface area contributed by atoms with E-state index in [4.69, 9.17) is 4.74 Å². The molecular weight excluding hydrogens is 284 g/mol. The fourth-order valence-corrected chi connectivity index (χ4v) is 8.01. The molecule has 5 atom stereocenters. The van der Waals surface area contributed by atoms with Gasteiger partial charge >= 0.3 is 5.97 Å². The molecule has 0 spiro atoms. The standard InChI is InChI=1S/C21H32O2/c1-12-13(2)18-6-17(12)7-19(18)20(22)23-11-21-8-14-3-15(9-21)5-16(4-14)10-21/h12-19H,3-11H2,1-2H3. The molecule has 23 heavy (non-hydrogen) atoms. The predicted molar refractivity (Wildman–Crippen MR) is 89.6 cm³/mol. The summed E-state index contributed by atoms with van der Waals surface area (Å²) in [6, 6.07) is 0. The van der Waals surface area contributed by atoms with Gasteiger partial charge in [-0.15, -0.1) is 0 Å².